The summed E-state index contributed by atoms with van der Waals surface area (Å²) in [6.45, 7) is 4.58. The summed E-state index contributed by atoms with van der Waals surface area (Å²) >= 11 is 0. The third-order valence-corrected chi connectivity index (χ3v) is 3.46. The molecule has 1 heteroatoms. The smallest absolute Gasteiger partial charge is 0 e. The van der Waals surface area contributed by atoms with Crippen LogP contribution in [0.15, 0.2) is 0 Å². The van der Waals surface area contributed by atoms with Crippen molar-refractivity contribution < 1.29 is 19.5 Å². The summed E-state index contributed by atoms with van der Waals surface area (Å²) in [4.78, 5) is 0. The maximum Gasteiger partial charge on any atom is 0 e. The van der Waals surface area contributed by atoms with Crippen molar-refractivity contribution in [2.75, 3.05) is 0 Å². The van der Waals surface area contributed by atoms with Gasteiger partial charge in [0.25, 0.3) is 0 Å². The van der Waals surface area contributed by atoms with Crippen molar-refractivity contribution in [2.45, 2.75) is 104 Å². The van der Waals surface area contributed by atoms with Gasteiger partial charge in [0.2, 0.25) is 0 Å². The van der Waals surface area contributed by atoms with Crippen LogP contribution in [0.4, 0.5) is 0 Å². The standard InChI is InChI=1S/C16H34.Zn/c1-3-5-7-9-11-13-15-16-14-12-10-8-6-4-2;/h3-16H2,1-2H3;. The van der Waals surface area contributed by atoms with Crippen molar-refractivity contribution in [3.05, 3.63) is 0 Å². The van der Waals surface area contributed by atoms with Crippen LogP contribution in [0.1, 0.15) is 104 Å². The second-order valence-corrected chi connectivity index (χ2v) is 5.24. The second kappa shape index (κ2) is 19.0. The van der Waals surface area contributed by atoms with Gasteiger partial charge in [-0.1, -0.05) is 104 Å². The summed E-state index contributed by atoms with van der Waals surface area (Å²) in [6, 6.07) is 0. The molecule has 100 valence electrons. The third-order valence-electron chi connectivity index (χ3n) is 3.46. The van der Waals surface area contributed by atoms with Gasteiger partial charge < -0.3 is 0 Å². The Bertz CT molecular complexity index is 98.1. The molecule has 17 heavy (non-hydrogen) atoms. The Morgan fingerprint density at radius 3 is 0.706 bits per heavy atom. The molecule has 0 atom stereocenters. The summed E-state index contributed by atoms with van der Waals surface area (Å²) in [5.74, 6) is 0. The van der Waals surface area contributed by atoms with E-state index in [0.717, 1.165) is 0 Å². The van der Waals surface area contributed by atoms with E-state index in [2.05, 4.69) is 13.8 Å². The van der Waals surface area contributed by atoms with Crippen LogP contribution >= 0.6 is 0 Å². The molecular formula is C16H34Zn. The molecule has 0 aliphatic carbocycles. The fourth-order valence-electron chi connectivity index (χ4n) is 2.27. The van der Waals surface area contributed by atoms with Crippen LogP contribution < -0.4 is 0 Å². The van der Waals surface area contributed by atoms with Crippen LogP contribution in [0.25, 0.3) is 0 Å². The Labute approximate surface area is 123 Å². The van der Waals surface area contributed by atoms with Crippen LogP contribution in [0, 0.1) is 0 Å². The average molecular weight is 292 g/mol. The molecule has 0 saturated heterocycles. The first-order valence-electron chi connectivity index (χ1n) is 7.91. The Hall–Kier alpha value is 0.623. The minimum atomic E-state index is 0. The van der Waals surface area contributed by atoms with E-state index in [1.807, 2.05) is 0 Å². The number of unbranched alkanes of at least 4 members (excludes halogenated alkanes) is 13. The van der Waals surface area contributed by atoms with Gasteiger partial charge in [-0.15, -0.1) is 0 Å². The minimum Gasteiger partial charge on any atom is -0.0654 e. The molecule has 0 heterocycles. The SMILES string of the molecule is CCCCCCCCCCCCCCCC.[Zn]. The molecule has 0 radical (unpaired) electrons. The van der Waals surface area contributed by atoms with E-state index in [0.29, 0.717) is 0 Å². The van der Waals surface area contributed by atoms with Gasteiger partial charge in [0, 0.05) is 19.5 Å². The van der Waals surface area contributed by atoms with E-state index in [-0.39, 0.29) is 19.5 Å². The molecular weight excluding hydrogens is 258 g/mol. The van der Waals surface area contributed by atoms with E-state index in [1.165, 1.54) is 89.9 Å². The van der Waals surface area contributed by atoms with Crippen LogP contribution in [0.2, 0.25) is 0 Å². The van der Waals surface area contributed by atoms with Gasteiger partial charge in [-0.3, -0.25) is 0 Å². The molecule has 0 spiro atoms. The second-order valence-electron chi connectivity index (χ2n) is 5.24. The molecule has 0 amide bonds. The molecule has 0 aromatic carbocycles. The van der Waals surface area contributed by atoms with E-state index in [1.54, 1.807) is 0 Å². The van der Waals surface area contributed by atoms with Crippen LogP contribution in [-0.2, 0) is 19.5 Å². The maximum absolute atomic E-state index is 2.29. The topological polar surface area (TPSA) is 0 Å². The van der Waals surface area contributed by atoms with Gasteiger partial charge in [-0.05, 0) is 0 Å². The zero-order valence-electron chi connectivity index (χ0n) is 12.6. The van der Waals surface area contributed by atoms with Crippen molar-refractivity contribution >= 4 is 0 Å². The molecule has 0 aliphatic rings. The van der Waals surface area contributed by atoms with Crippen molar-refractivity contribution in [2.24, 2.45) is 0 Å². The minimum absolute atomic E-state index is 0. The zero-order valence-corrected chi connectivity index (χ0v) is 15.6. The van der Waals surface area contributed by atoms with Crippen LogP contribution in [0.3, 0.4) is 0 Å². The summed E-state index contributed by atoms with van der Waals surface area (Å²) in [5.41, 5.74) is 0. The predicted octanol–water partition coefficient (Wildman–Crippen LogP) is 6.49. The number of rotatable bonds is 13. The molecule has 0 aromatic rings. The molecule has 0 fully saturated rings. The Morgan fingerprint density at radius 1 is 0.353 bits per heavy atom. The molecule has 0 bridgehead atoms. The molecule has 0 saturated carbocycles. The Morgan fingerprint density at radius 2 is 0.529 bits per heavy atom. The first kappa shape index (κ1) is 20.0. The molecule has 0 nitrogen and oxygen atoms in total. The maximum atomic E-state index is 2.29. The van der Waals surface area contributed by atoms with Crippen molar-refractivity contribution in [1.82, 2.24) is 0 Å². The number of hydrogen-bond acceptors (Lipinski definition) is 0. The van der Waals surface area contributed by atoms with Crippen LogP contribution in [-0.4, -0.2) is 0 Å². The summed E-state index contributed by atoms with van der Waals surface area (Å²) in [5, 5.41) is 0. The van der Waals surface area contributed by atoms with Gasteiger partial charge in [0.15, 0.2) is 0 Å². The monoisotopic (exact) mass is 290 g/mol. The summed E-state index contributed by atoms with van der Waals surface area (Å²) < 4.78 is 0. The molecule has 0 unspecified atom stereocenters. The van der Waals surface area contributed by atoms with Crippen molar-refractivity contribution in [3.8, 4) is 0 Å². The van der Waals surface area contributed by atoms with Crippen LogP contribution in [0.5, 0.6) is 0 Å². The first-order valence-corrected chi connectivity index (χ1v) is 7.91. The predicted molar refractivity (Wildman–Crippen MR) is 76.0 cm³/mol. The third kappa shape index (κ3) is 19.2. The van der Waals surface area contributed by atoms with E-state index in [4.69, 9.17) is 0 Å². The summed E-state index contributed by atoms with van der Waals surface area (Å²) in [7, 11) is 0. The summed E-state index contributed by atoms with van der Waals surface area (Å²) in [6.07, 6.45) is 20.4. The molecule has 0 aliphatic heterocycles. The van der Waals surface area contributed by atoms with E-state index < -0.39 is 0 Å². The normalized spacial score (nSPS) is 10.2. The Balaban J connectivity index is 0. The van der Waals surface area contributed by atoms with Gasteiger partial charge >= 0.3 is 0 Å². The molecule has 0 aromatic heterocycles. The quantitative estimate of drug-likeness (QED) is 0.269. The van der Waals surface area contributed by atoms with Crippen molar-refractivity contribution in [1.29, 1.82) is 0 Å². The average Bonchev–Trinajstić information content (AvgIpc) is 2.31. The van der Waals surface area contributed by atoms with E-state index >= 15 is 0 Å². The van der Waals surface area contributed by atoms with Gasteiger partial charge in [-0.2, -0.15) is 0 Å². The molecule has 0 N–H and O–H groups in total. The van der Waals surface area contributed by atoms with Crippen molar-refractivity contribution in [3.63, 3.8) is 0 Å². The zero-order chi connectivity index (χ0) is 11.9. The largest absolute Gasteiger partial charge is 0.0654 e. The Kier molecular flexibility index (Phi) is 22.3. The van der Waals surface area contributed by atoms with E-state index in [9.17, 15) is 0 Å². The van der Waals surface area contributed by atoms with Gasteiger partial charge in [0.05, 0.1) is 0 Å². The fourth-order valence-corrected chi connectivity index (χ4v) is 2.27. The van der Waals surface area contributed by atoms with Gasteiger partial charge in [-0.25, -0.2) is 0 Å². The van der Waals surface area contributed by atoms with Gasteiger partial charge in [0.1, 0.15) is 0 Å². The molecule has 0 rings (SSSR count). The fraction of sp³-hybridized carbons (Fsp3) is 1.00. The first-order chi connectivity index (χ1) is 7.91. The number of hydrogen-bond donors (Lipinski definition) is 0.